The van der Waals surface area contributed by atoms with Crippen LogP contribution in [0.2, 0.25) is 0 Å². The quantitative estimate of drug-likeness (QED) is 0.519. The molecule has 2 saturated heterocycles. The maximum atomic E-state index is 13.0. The summed E-state index contributed by atoms with van der Waals surface area (Å²) in [5.41, 5.74) is -0.399. The Kier molecular flexibility index (Phi) is 4.96. The van der Waals surface area contributed by atoms with Crippen molar-refractivity contribution in [3.8, 4) is 11.6 Å². The predicted molar refractivity (Wildman–Crippen MR) is 120 cm³/mol. The number of ether oxygens (including phenoxy) is 1. The number of hydrogen-bond acceptors (Lipinski definition) is 5. The number of carbonyl (C=O) groups excluding carboxylic acids is 3. The zero-order chi connectivity index (χ0) is 23.2. The Bertz CT molecular complexity index is 1260. The summed E-state index contributed by atoms with van der Waals surface area (Å²) in [6.07, 6.45) is 3.72. The Morgan fingerprint density at radius 2 is 1.85 bits per heavy atom. The molecule has 2 aromatic carbocycles. The van der Waals surface area contributed by atoms with E-state index in [-0.39, 0.29) is 18.3 Å². The van der Waals surface area contributed by atoms with Gasteiger partial charge < -0.3 is 24.6 Å². The maximum absolute atomic E-state index is 13.0. The fourth-order valence-electron chi connectivity index (χ4n) is 4.63. The number of amides is 4. The molecule has 3 aromatic rings. The molecule has 1 aromatic heterocycles. The molecular weight excluding hydrogens is 424 g/mol. The Morgan fingerprint density at radius 3 is 2.48 bits per heavy atom. The Morgan fingerprint density at radius 1 is 1.12 bits per heavy atom. The van der Waals surface area contributed by atoms with Gasteiger partial charge in [-0.3, -0.25) is 14.9 Å². The number of aromatic hydroxyl groups is 1. The van der Waals surface area contributed by atoms with Crippen molar-refractivity contribution >= 4 is 28.6 Å². The minimum atomic E-state index is -1.44. The van der Waals surface area contributed by atoms with Crippen molar-refractivity contribution in [1.29, 1.82) is 0 Å². The van der Waals surface area contributed by atoms with E-state index in [0.717, 1.165) is 31.3 Å². The van der Waals surface area contributed by atoms with Crippen LogP contribution in [-0.2, 0) is 16.9 Å². The molecule has 4 amide bonds. The number of rotatable bonds is 5. The molecule has 2 fully saturated rings. The Balaban J connectivity index is 1.51. The van der Waals surface area contributed by atoms with Gasteiger partial charge in [-0.2, -0.15) is 0 Å². The van der Waals surface area contributed by atoms with Gasteiger partial charge in [-0.1, -0.05) is 12.1 Å². The standard InChI is InChI=1S/C24H24N4O5/c1-33-18-9-6-16-13-28(21(30)19(16)12-18)14-24(22(31)25-23(32)26-24)17-7-4-15(5-8-17)20(29)27-10-2-3-11-27/h4-9,12-13,30H,2-3,10-11,14H2,1H3,(H2,25,26,31,32). The van der Waals surface area contributed by atoms with Crippen molar-refractivity contribution in [1.82, 2.24) is 20.1 Å². The van der Waals surface area contributed by atoms with E-state index in [9.17, 15) is 19.5 Å². The minimum Gasteiger partial charge on any atom is -0.497 e. The molecule has 9 heteroatoms. The first-order valence-electron chi connectivity index (χ1n) is 10.8. The lowest BCUT2D eigenvalue weighted by atomic mass is 9.89. The molecule has 0 radical (unpaired) electrons. The zero-order valence-electron chi connectivity index (χ0n) is 18.1. The number of aromatic nitrogens is 1. The van der Waals surface area contributed by atoms with Gasteiger partial charge in [-0.05, 0) is 48.7 Å². The number of urea groups is 1. The number of hydrogen-bond donors (Lipinski definition) is 3. The normalized spacial score (nSPS) is 20.2. The molecule has 0 saturated carbocycles. The molecule has 0 bridgehead atoms. The van der Waals surface area contributed by atoms with Gasteiger partial charge in [0, 0.05) is 35.6 Å². The van der Waals surface area contributed by atoms with Gasteiger partial charge in [-0.15, -0.1) is 0 Å². The van der Waals surface area contributed by atoms with Crippen LogP contribution in [0.15, 0.2) is 48.7 Å². The van der Waals surface area contributed by atoms with E-state index < -0.39 is 17.5 Å². The third-order valence-corrected chi connectivity index (χ3v) is 6.44. The van der Waals surface area contributed by atoms with E-state index in [1.165, 1.54) is 4.57 Å². The topological polar surface area (TPSA) is 113 Å². The highest BCUT2D eigenvalue weighted by Gasteiger charge is 2.48. The highest BCUT2D eigenvalue weighted by molar-refractivity contribution is 6.07. The van der Waals surface area contributed by atoms with Gasteiger partial charge >= 0.3 is 6.03 Å². The van der Waals surface area contributed by atoms with Gasteiger partial charge in [0.15, 0.2) is 11.4 Å². The number of imide groups is 1. The molecule has 2 aliphatic heterocycles. The first-order chi connectivity index (χ1) is 15.9. The van der Waals surface area contributed by atoms with Gasteiger partial charge in [0.2, 0.25) is 0 Å². The molecule has 3 heterocycles. The van der Waals surface area contributed by atoms with Crippen LogP contribution in [-0.4, -0.2) is 52.6 Å². The van der Waals surface area contributed by atoms with Crippen LogP contribution in [0, 0.1) is 0 Å². The molecule has 5 rings (SSSR count). The fourth-order valence-corrected chi connectivity index (χ4v) is 4.63. The molecule has 2 aliphatic rings. The monoisotopic (exact) mass is 448 g/mol. The maximum Gasteiger partial charge on any atom is 0.322 e. The van der Waals surface area contributed by atoms with Crippen LogP contribution in [0.3, 0.4) is 0 Å². The van der Waals surface area contributed by atoms with Crippen molar-refractivity contribution in [2.75, 3.05) is 20.2 Å². The second-order valence-corrected chi connectivity index (χ2v) is 8.42. The predicted octanol–water partition coefficient (Wildman–Crippen LogP) is 2.33. The van der Waals surface area contributed by atoms with Crippen molar-refractivity contribution in [3.63, 3.8) is 0 Å². The molecular formula is C24H24N4O5. The highest BCUT2D eigenvalue weighted by Crippen LogP contribution is 2.35. The highest BCUT2D eigenvalue weighted by atomic mass is 16.5. The average molecular weight is 448 g/mol. The molecule has 9 nitrogen and oxygen atoms in total. The average Bonchev–Trinajstić information content (AvgIpc) is 3.53. The fraction of sp³-hybridized carbons (Fsp3) is 0.292. The largest absolute Gasteiger partial charge is 0.497 e. The molecule has 170 valence electrons. The van der Waals surface area contributed by atoms with E-state index in [4.69, 9.17) is 4.74 Å². The summed E-state index contributed by atoms with van der Waals surface area (Å²) in [6.45, 7) is 1.45. The van der Waals surface area contributed by atoms with Gasteiger partial charge in [0.25, 0.3) is 11.8 Å². The van der Waals surface area contributed by atoms with Crippen molar-refractivity contribution in [2.24, 2.45) is 0 Å². The van der Waals surface area contributed by atoms with Crippen LogP contribution in [0.4, 0.5) is 4.79 Å². The molecule has 0 spiro atoms. The van der Waals surface area contributed by atoms with Gasteiger partial charge in [-0.25, -0.2) is 4.79 Å². The van der Waals surface area contributed by atoms with E-state index in [1.807, 2.05) is 11.0 Å². The second-order valence-electron chi connectivity index (χ2n) is 8.42. The number of nitrogens with zero attached hydrogens (tertiary/aromatic N) is 2. The molecule has 1 atom stereocenters. The summed E-state index contributed by atoms with van der Waals surface area (Å²) in [6, 6.07) is 11.4. The number of benzene rings is 2. The van der Waals surface area contributed by atoms with Crippen LogP contribution in [0.25, 0.3) is 10.8 Å². The smallest absolute Gasteiger partial charge is 0.322 e. The SMILES string of the molecule is COc1ccc2cn(CC3(c4ccc(C(=O)N5CCCC5)cc4)NC(=O)NC3=O)c(O)c2c1. The van der Waals surface area contributed by atoms with Crippen LogP contribution < -0.4 is 15.4 Å². The van der Waals surface area contributed by atoms with Gasteiger partial charge in [0.1, 0.15) is 5.75 Å². The summed E-state index contributed by atoms with van der Waals surface area (Å²) in [7, 11) is 1.54. The van der Waals surface area contributed by atoms with E-state index in [2.05, 4.69) is 10.6 Å². The first-order valence-corrected chi connectivity index (χ1v) is 10.8. The molecule has 33 heavy (non-hydrogen) atoms. The van der Waals surface area contributed by atoms with Crippen molar-refractivity contribution < 1.29 is 24.2 Å². The lowest BCUT2D eigenvalue weighted by molar-refractivity contribution is -0.124. The number of nitrogens with one attached hydrogen (secondary N) is 2. The summed E-state index contributed by atoms with van der Waals surface area (Å²) in [5.74, 6) is -0.0226. The summed E-state index contributed by atoms with van der Waals surface area (Å²) in [5, 5.41) is 17.2. The summed E-state index contributed by atoms with van der Waals surface area (Å²) >= 11 is 0. The third-order valence-electron chi connectivity index (χ3n) is 6.44. The Labute approximate surface area is 189 Å². The van der Waals surface area contributed by atoms with E-state index in [1.54, 1.807) is 49.7 Å². The van der Waals surface area contributed by atoms with Gasteiger partial charge in [0.05, 0.1) is 13.7 Å². The third kappa shape index (κ3) is 3.45. The summed E-state index contributed by atoms with van der Waals surface area (Å²) < 4.78 is 6.76. The van der Waals surface area contributed by atoms with E-state index >= 15 is 0 Å². The second kappa shape index (κ2) is 7.84. The van der Waals surface area contributed by atoms with Crippen molar-refractivity contribution in [2.45, 2.75) is 24.9 Å². The number of fused-ring (bicyclic) bond motifs is 1. The molecule has 3 N–H and O–H groups in total. The number of likely N-dealkylation sites (tertiary alicyclic amines) is 1. The lowest BCUT2D eigenvalue weighted by Gasteiger charge is -2.27. The number of carbonyl (C=O) groups is 3. The molecule has 1 unspecified atom stereocenters. The minimum absolute atomic E-state index is 0.0349. The van der Waals surface area contributed by atoms with Crippen LogP contribution in [0.1, 0.15) is 28.8 Å². The lowest BCUT2D eigenvalue weighted by Crippen LogP contribution is -2.47. The van der Waals surface area contributed by atoms with Crippen LogP contribution >= 0.6 is 0 Å². The van der Waals surface area contributed by atoms with Crippen molar-refractivity contribution in [3.05, 3.63) is 59.8 Å². The Hall–Kier alpha value is -4.01. The zero-order valence-corrected chi connectivity index (χ0v) is 18.1. The van der Waals surface area contributed by atoms with Crippen LogP contribution in [0.5, 0.6) is 11.6 Å². The number of methoxy groups -OCH3 is 1. The summed E-state index contributed by atoms with van der Waals surface area (Å²) in [4.78, 5) is 39.6. The van der Waals surface area contributed by atoms with E-state index in [0.29, 0.717) is 22.3 Å². The molecule has 0 aliphatic carbocycles. The first kappa shape index (κ1) is 20.9.